The Balaban J connectivity index is 1.45. The molecule has 3 aromatic carbocycles. The van der Waals surface area contributed by atoms with Gasteiger partial charge in [0.1, 0.15) is 5.70 Å². The zero-order valence-corrected chi connectivity index (χ0v) is 18.8. The van der Waals surface area contributed by atoms with Crippen LogP contribution in [0.25, 0.3) is 6.08 Å². The Kier molecular flexibility index (Phi) is 6.79. The molecule has 1 aliphatic heterocycles. The molecule has 8 nitrogen and oxygen atoms in total. The van der Waals surface area contributed by atoms with Crippen LogP contribution in [0.15, 0.2) is 78.5 Å². The van der Waals surface area contributed by atoms with E-state index in [2.05, 4.69) is 10.6 Å². The molecule has 0 aliphatic carbocycles. The van der Waals surface area contributed by atoms with E-state index in [1.807, 2.05) is 18.2 Å². The predicted octanol–water partition coefficient (Wildman–Crippen LogP) is 4.46. The van der Waals surface area contributed by atoms with Gasteiger partial charge in [-0.2, -0.15) is 0 Å². The maximum absolute atomic E-state index is 12.8. The molecule has 1 aliphatic rings. The molecule has 0 spiro atoms. The lowest BCUT2D eigenvalue weighted by Crippen LogP contribution is -2.30. The van der Waals surface area contributed by atoms with E-state index in [9.17, 15) is 14.4 Å². The summed E-state index contributed by atoms with van der Waals surface area (Å²) in [6.07, 6.45) is 1.53. The summed E-state index contributed by atoms with van der Waals surface area (Å²) in [5, 5.41) is 5.80. The minimum absolute atomic E-state index is 0.109. The highest BCUT2D eigenvalue weighted by Crippen LogP contribution is 2.30. The number of urea groups is 1. The average Bonchev–Trinajstić information content (AvgIpc) is 3.12. The van der Waals surface area contributed by atoms with Gasteiger partial charge in [0.25, 0.3) is 11.8 Å². The van der Waals surface area contributed by atoms with E-state index in [4.69, 9.17) is 21.1 Å². The number of nitrogens with zero attached hydrogens (tertiary/aromatic N) is 1. The van der Waals surface area contributed by atoms with E-state index in [0.29, 0.717) is 33.5 Å². The van der Waals surface area contributed by atoms with Crippen LogP contribution in [-0.4, -0.2) is 31.6 Å². The number of ether oxygens (including phenoxy) is 2. The normalized spacial score (nSPS) is 14.2. The maximum Gasteiger partial charge on any atom is 0.333 e. The quantitative estimate of drug-likeness (QED) is 0.387. The molecule has 0 radical (unpaired) electrons. The zero-order valence-electron chi connectivity index (χ0n) is 18.1. The van der Waals surface area contributed by atoms with Crippen molar-refractivity contribution >= 4 is 46.9 Å². The van der Waals surface area contributed by atoms with Gasteiger partial charge in [-0.15, -0.1) is 0 Å². The number of methoxy groups -OCH3 is 1. The number of para-hydroxylation sites is 1. The van der Waals surface area contributed by atoms with Crippen LogP contribution in [0.1, 0.15) is 5.56 Å². The number of carbonyl (C=O) groups is 3. The van der Waals surface area contributed by atoms with Gasteiger partial charge in [0, 0.05) is 10.7 Å². The van der Waals surface area contributed by atoms with Gasteiger partial charge in [-0.3, -0.25) is 9.59 Å². The van der Waals surface area contributed by atoms with Crippen molar-refractivity contribution in [3.8, 4) is 11.5 Å². The van der Waals surface area contributed by atoms with E-state index in [-0.39, 0.29) is 18.2 Å². The summed E-state index contributed by atoms with van der Waals surface area (Å²) in [6.45, 7) is -0.212. The summed E-state index contributed by atoms with van der Waals surface area (Å²) >= 11 is 5.88. The summed E-state index contributed by atoms with van der Waals surface area (Å²) in [7, 11) is 1.47. The first-order valence-corrected chi connectivity index (χ1v) is 10.6. The molecule has 0 unspecified atom stereocenters. The number of nitrogens with one attached hydrogen (secondary N) is 2. The number of hydrogen-bond donors (Lipinski definition) is 2. The largest absolute Gasteiger partial charge is 0.493 e. The molecule has 0 saturated carbocycles. The second kappa shape index (κ2) is 10.1. The minimum atomic E-state index is -0.560. The smallest absolute Gasteiger partial charge is 0.333 e. The molecule has 0 aromatic heterocycles. The highest BCUT2D eigenvalue weighted by Gasteiger charge is 2.34. The van der Waals surface area contributed by atoms with Crippen LogP contribution in [0.5, 0.6) is 11.5 Å². The number of imide groups is 1. The van der Waals surface area contributed by atoms with Crippen LogP contribution in [0.2, 0.25) is 5.02 Å². The van der Waals surface area contributed by atoms with E-state index in [1.165, 1.54) is 13.2 Å². The molecule has 0 bridgehead atoms. The summed E-state index contributed by atoms with van der Waals surface area (Å²) in [6, 6.07) is 19.8. The number of hydrogen-bond acceptors (Lipinski definition) is 5. The standard InChI is InChI=1S/C25H20ClN3O5/c1-33-22-14-16(7-12-21(22)34-15-23(30)27-18-5-3-2-4-6-18)13-20-24(31)29(25(32)28-20)19-10-8-17(26)9-11-19/h2-14H,15H2,1H3,(H,27,30)(H,28,32)/b20-13+. The second-order valence-corrected chi connectivity index (χ2v) is 7.65. The lowest BCUT2D eigenvalue weighted by molar-refractivity contribution is -0.118. The molecule has 1 fully saturated rings. The van der Waals surface area contributed by atoms with Crippen molar-refractivity contribution in [1.82, 2.24) is 5.32 Å². The first-order valence-electron chi connectivity index (χ1n) is 10.2. The third-order valence-electron chi connectivity index (χ3n) is 4.88. The Bertz CT molecular complexity index is 1260. The van der Waals surface area contributed by atoms with Crippen molar-refractivity contribution in [2.24, 2.45) is 0 Å². The Morgan fingerprint density at radius 3 is 2.47 bits per heavy atom. The van der Waals surface area contributed by atoms with Gasteiger partial charge in [-0.1, -0.05) is 35.9 Å². The summed E-state index contributed by atoms with van der Waals surface area (Å²) in [5.41, 5.74) is 1.78. The van der Waals surface area contributed by atoms with E-state index in [1.54, 1.807) is 54.6 Å². The Labute approximate surface area is 200 Å². The fraction of sp³-hybridized carbons (Fsp3) is 0.0800. The number of rotatable bonds is 7. The van der Waals surface area contributed by atoms with Crippen LogP contribution < -0.4 is 25.0 Å². The number of carbonyl (C=O) groups excluding carboxylic acids is 3. The number of halogens is 1. The monoisotopic (exact) mass is 477 g/mol. The molecular weight excluding hydrogens is 458 g/mol. The summed E-state index contributed by atoms with van der Waals surface area (Å²) < 4.78 is 11.0. The van der Waals surface area contributed by atoms with E-state index >= 15 is 0 Å². The molecule has 172 valence electrons. The van der Waals surface area contributed by atoms with Crippen molar-refractivity contribution in [1.29, 1.82) is 0 Å². The number of anilines is 2. The number of benzene rings is 3. The van der Waals surface area contributed by atoms with Crippen molar-refractivity contribution < 1.29 is 23.9 Å². The Morgan fingerprint density at radius 1 is 1.03 bits per heavy atom. The molecule has 34 heavy (non-hydrogen) atoms. The SMILES string of the molecule is COc1cc(/C=C2/NC(=O)N(c3ccc(Cl)cc3)C2=O)ccc1OCC(=O)Nc1ccccc1. The molecule has 9 heteroatoms. The van der Waals surface area contributed by atoms with Crippen LogP contribution >= 0.6 is 11.6 Å². The first kappa shape index (κ1) is 22.9. The van der Waals surface area contributed by atoms with Gasteiger partial charge in [0.2, 0.25) is 0 Å². The Hall–Kier alpha value is -4.30. The van der Waals surface area contributed by atoms with Gasteiger partial charge in [-0.05, 0) is 60.2 Å². The third kappa shape index (κ3) is 5.19. The molecule has 4 amide bonds. The second-order valence-electron chi connectivity index (χ2n) is 7.22. The van der Waals surface area contributed by atoms with Gasteiger partial charge >= 0.3 is 6.03 Å². The summed E-state index contributed by atoms with van der Waals surface area (Å²) in [5.74, 6) is -0.0872. The predicted molar refractivity (Wildman–Crippen MR) is 129 cm³/mol. The molecule has 0 atom stereocenters. The van der Waals surface area contributed by atoms with Gasteiger partial charge in [0.15, 0.2) is 18.1 Å². The third-order valence-corrected chi connectivity index (χ3v) is 5.13. The molecule has 3 aromatic rings. The van der Waals surface area contributed by atoms with E-state index < -0.39 is 11.9 Å². The zero-order chi connectivity index (χ0) is 24.1. The van der Waals surface area contributed by atoms with E-state index in [0.717, 1.165) is 4.90 Å². The topological polar surface area (TPSA) is 97.0 Å². The molecule has 1 heterocycles. The highest BCUT2D eigenvalue weighted by molar-refractivity contribution is 6.31. The van der Waals surface area contributed by atoms with Gasteiger partial charge in [-0.25, -0.2) is 9.69 Å². The molecule has 1 saturated heterocycles. The molecular formula is C25H20ClN3O5. The molecule has 2 N–H and O–H groups in total. The maximum atomic E-state index is 12.8. The molecule has 4 rings (SSSR count). The van der Waals surface area contributed by atoms with Crippen molar-refractivity contribution in [2.75, 3.05) is 23.9 Å². The van der Waals surface area contributed by atoms with Crippen molar-refractivity contribution in [3.63, 3.8) is 0 Å². The van der Waals surface area contributed by atoms with Crippen molar-refractivity contribution in [2.45, 2.75) is 0 Å². The van der Waals surface area contributed by atoms with Gasteiger partial charge in [0.05, 0.1) is 12.8 Å². The number of amides is 4. The average molecular weight is 478 g/mol. The van der Waals surface area contributed by atoms with Crippen LogP contribution in [0, 0.1) is 0 Å². The fourth-order valence-electron chi connectivity index (χ4n) is 3.28. The Morgan fingerprint density at radius 2 is 1.76 bits per heavy atom. The lowest BCUT2D eigenvalue weighted by Gasteiger charge is -2.12. The highest BCUT2D eigenvalue weighted by atomic mass is 35.5. The summed E-state index contributed by atoms with van der Waals surface area (Å²) in [4.78, 5) is 38.3. The van der Waals surface area contributed by atoms with Crippen LogP contribution in [-0.2, 0) is 9.59 Å². The lowest BCUT2D eigenvalue weighted by atomic mass is 10.1. The fourth-order valence-corrected chi connectivity index (χ4v) is 3.41. The minimum Gasteiger partial charge on any atom is -0.493 e. The van der Waals surface area contributed by atoms with Gasteiger partial charge < -0.3 is 20.1 Å². The van der Waals surface area contributed by atoms with Crippen LogP contribution in [0.4, 0.5) is 16.2 Å². The first-order chi connectivity index (χ1) is 16.4. The van der Waals surface area contributed by atoms with Crippen LogP contribution in [0.3, 0.4) is 0 Å². The van der Waals surface area contributed by atoms with Crippen molar-refractivity contribution in [3.05, 3.63) is 89.1 Å².